The van der Waals surface area contributed by atoms with E-state index in [0.29, 0.717) is 11.3 Å². The van der Waals surface area contributed by atoms with Crippen LogP contribution in [0.25, 0.3) is 0 Å². The van der Waals surface area contributed by atoms with Crippen molar-refractivity contribution in [2.45, 2.75) is 13.0 Å². The number of hydrogen-bond acceptors (Lipinski definition) is 3. The molecule has 14 heavy (non-hydrogen) atoms. The molecule has 0 aliphatic heterocycles. The first-order valence-electron chi connectivity index (χ1n) is 4.15. The Bertz CT molecular complexity index is 344. The van der Waals surface area contributed by atoms with Crippen LogP contribution in [0.4, 0.5) is 0 Å². The lowest BCUT2D eigenvalue weighted by molar-refractivity contribution is 0.0690. The molecule has 1 rings (SSSR count). The predicted molar refractivity (Wildman–Crippen MR) is 50.6 cm³/mol. The number of carboxylic acids is 1. The number of aromatic carboxylic acids is 1. The summed E-state index contributed by atoms with van der Waals surface area (Å²) in [5.74, 6) is -0.519. The summed E-state index contributed by atoms with van der Waals surface area (Å²) in [6, 6.07) is 4.49. The number of methoxy groups -OCH3 is 1. The SMILES string of the molecule is COc1ccc(C(=O)O)c(C(C)O)c1. The Morgan fingerprint density at radius 1 is 1.50 bits per heavy atom. The second-order valence-electron chi connectivity index (χ2n) is 2.93. The molecule has 0 heterocycles. The maximum Gasteiger partial charge on any atom is 0.336 e. The van der Waals surface area contributed by atoms with Gasteiger partial charge in [-0.05, 0) is 30.7 Å². The van der Waals surface area contributed by atoms with Crippen LogP contribution in [0.2, 0.25) is 0 Å². The first-order valence-corrected chi connectivity index (χ1v) is 4.15. The zero-order chi connectivity index (χ0) is 10.7. The summed E-state index contributed by atoms with van der Waals surface area (Å²) in [7, 11) is 1.49. The fourth-order valence-corrected chi connectivity index (χ4v) is 1.21. The third-order valence-corrected chi connectivity index (χ3v) is 1.94. The van der Waals surface area contributed by atoms with Crippen molar-refractivity contribution in [1.29, 1.82) is 0 Å². The summed E-state index contributed by atoms with van der Waals surface area (Å²) in [4.78, 5) is 10.8. The largest absolute Gasteiger partial charge is 0.497 e. The maximum atomic E-state index is 10.8. The van der Waals surface area contributed by atoms with Gasteiger partial charge in [0, 0.05) is 0 Å². The van der Waals surface area contributed by atoms with Gasteiger partial charge in [-0.25, -0.2) is 4.79 Å². The number of ether oxygens (including phenoxy) is 1. The molecule has 1 atom stereocenters. The van der Waals surface area contributed by atoms with E-state index in [1.807, 2.05) is 0 Å². The zero-order valence-corrected chi connectivity index (χ0v) is 8.02. The molecule has 0 spiro atoms. The molecular weight excluding hydrogens is 184 g/mol. The van der Waals surface area contributed by atoms with Crippen LogP contribution < -0.4 is 4.74 Å². The van der Waals surface area contributed by atoms with E-state index < -0.39 is 12.1 Å². The van der Waals surface area contributed by atoms with Crippen molar-refractivity contribution in [3.05, 3.63) is 29.3 Å². The molecule has 0 aliphatic rings. The van der Waals surface area contributed by atoms with Crippen molar-refractivity contribution in [3.8, 4) is 5.75 Å². The van der Waals surface area contributed by atoms with Gasteiger partial charge in [0.15, 0.2) is 0 Å². The number of carboxylic acid groups (broad SMARTS) is 1. The molecule has 0 radical (unpaired) electrons. The third-order valence-electron chi connectivity index (χ3n) is 1.94. The average molecular weight is 196 g/mol. The van der Waals surface area contributed by atoms with E-state index >= 15 is 0 Å². The Hall–Kier alpha value is -1.55. The first-order chi connectivity index (χ1) is 6.56. The molecule has 4 heteroatoms. The van der Waals surface area contributed by atoms with Crippen LogP contribution >= 0.6 is 0 Å². The number of aliphatic hydroxyl groups is 1. The molecule has 0 aliphatic carbocycles. The van der Waals surface area contributed by atoms with E-state index in [1.54, 1.807) is 6.07 Å². The minimum Gasteiger partial charge on any atom is -0.497 e. The molecule has 1 aromatic carbocycles. The minimum atomic E-state index is -1.05. The number of aliphatic hydroxyl groups excluding tert-OH is 1. The number of carbonyl (C=O) groups is 1. The van der Waals surface area contributed by atoms with E-state index in [2.05, 4.69) is 0 Å². The van der Waals surface area contributed by atoms with Crippen LogP contribution in [0, 0.1) is 0 Å². The van der Waals surface area contributed by atoms with Gasteiger partial charge in [0.05, 0.1) is 18.8 Å². The maximum absolute atomic E-state index is 10.8. The van der Waals surface area contributed by atoms with Gasteiger partial charge in [0.2, 0.25) is 0 Å². The first kappa shape index (κ1) is 10.5. The van der Waals surface area contributed by atoms with Crippen molar-refractivity contribution in [1.82, 2.24) is 0 Å². The highest BCUT2D eigenvalue weighted by molar-refractivity contribution is 5.89. The van der Waals surface area contributed by atoms with Crippen LogP contribution in [0.15, 0.2) is 18.2 Å². The van der Waals surface area contributed by atoms with E-state index in [1.165, 1.54) is 26.2 Å². The molecule has 1 aromatic rings. The lowest BCUT2D eigenvalue weighted by Gasteiger charge is -2.10. The highest BCUT2D eigenvalue weighted by Gasteiger charge is 2.14. The summed E-state index contributed by atoms with van der Waals surface area (Å²) in [5.41, 5.74) is 0.456. The van der Waals surface area contributed by atoms with E-state index in [4.69, 9.17) is 9.84 Å². The van der Waals surface area contributed by atoms with Gasteiger partial charge in [0.1, 0.15) is 5.75 Å². The second kappa shape index (κ2) is 4.11. The average Bonchev–Trinajstić information content (AvgIpc) is 2.16. The molecule has 0 aromatic heterocycles. The van der Waals surface area contributed by atoms with Crippen LogP contribution in [0.1, 0.15) is 28.9 Å². The molecule has 0 fully saturated rings. The Labute approximate surface area is 81.8 Å². The Morgan fingerprint density at radius 3 is 2.57 bits per heavy atom. The molecular formula is C10H12O4. The van der Waals surface area contributed by atoms with Gasteiger partial charge in [-0.15, -0.1) is 0 Å². The molecule has 0 saturated carbocycles. The normalized spacial score (nSPS) is 12.2. The van der Waals surface area contributed by atoms with Crippen LogP contribution in [-0.2, 0) is 0 Å². The lowest BCUT2D eigenvalue weighted by Crippen LogP contribution is -2.05. The van der Waals surface area contributed by atoms with E-state index in [-0.39, 0.29) is 5.56 Å². The summed E-state index contributed by atoms with van der Waals surface area (Å²) >= 11 is 0. The molecule has 0 bridgehead atoms. The fraction of sp³-hybridized carbons (Fsp3) is 0.300. The topological polar surface area (TPSA) is 66.8 Å². The van der Waals surface area contributed by atoms with Gasteiger partial charge in [-0.3, -0.25) is 0 Å². The molecule has 1 unspecified atom stereocenters. The van der Waals surface area contributed by atoms with Crippen molar-refractivity contribution in [2.75, 3.05) is 7.11 Å². The van der Waals surface area contributed by atoms with Gasteiger partial charge in [0.25, 0.3) is 0 Å². The van der Waals surface area contributed by atoms with Gasteiger partial charge < -0.3 is 14.9 Å². The van der Waals surface area contributed by atoms with E-state index in [9.17, 15) is 9.90 Å². The molecule has 2 N–H and O–H groups in total. The fourth-order valence-electron chi connectivity index (χ4n) is 1.21. The highest BCUT2D eigenvalue weighted by Crippen LogP contribution is 2.23. The predicted octanol–water partition coefficient (Wildman–Crippen LogP) is 1.45. The standard InChI is InChI=1S/C10H12O4/c1-6(11)9-5-7(14-2)3-4-8(9)10(12)13/h3-6,11H,1-2H3,(H,12,13). The summed E-state index contributed by atoms with van der Waals surface area (Å²) in [5, 5.41) is 18.2. The van der Waals surface area contributed by atoms with Crippen LogP contribution in [0.3, 0.4) is 0 Å². The number of benzene rings is 1. The van der Waals surface area contributed by atoms with Crippen molar-refractivity contribution >= 4 is 5.97 Å². The number of rotatable bonds is 3. The van der Waals surface area contributed by atoms with Crippen molar-refractivity contribution < 1.29 is 19.7 Å². The Kier molecular flexibility index (Phi) is 3.09. The van der Waals surface area contributed by atoms with Gasteiger partial charge in [-0.2, -0.15) is 0 Å². The quantitative estimate of drug-likeness (QED) is 0.767. The monoisotopic (exact) mass is 196 g/mol. The molecule has 0 amide bonds. The van der Waals surface area contributed by atoms with Crippen LogP contribution in [-0.4, -0.2) is 23.3 Å². The molecule has 4 nitrogen and oxygen atoms in total. The minimum absolute atomic E-state index is 0.0980. The smallest absolute Gasteiger partial charge is 0.336 e. The second-order valence-corrected chi connectivity index (χ2v) is 2.93. The van der Waals surface area contributed by atoms with Crippen molar-refractivity contribution in [3.63, 3.8) is 0 Å². The third kappa shape index (κ3) is 2.03. The van der Waals surface area contributed by atoms with Gasteiger partial charge in [-0.1, -0.05) is 0 Å². The molecule has 76 valence electrons. The zero-order valence-electron chi connectivity index (χ0n) is 8.02. The van der Waals surface area contributed by atoms with Crippen molar-refractivity contribution in [2.24, 2.45) is 0 Å². The summed E-state index contributed by atoms with van der Waals surface area (Å²) in [6.07, 6.45) is -0.823. The van der Waals surface area contributed by atoms with Gasteiger partial charge >= 0.3 is 5.97 Å². The molecule has 0 saturated heterocycles. The Morgan fingerprint density at radius 2 is 2.14 bits per heavy atom. The highest BCUT2D eigenvalue weighted by atomic mass is 16.5. The lowest BCUT2D eigenvalue weighted by atomic mass is 10.0. The Balaban J connectivity index is 3.24. The van der Waals surface area contributed by atoms with Crippen LogP contribution in [0.5, 0.6) is 5.75 Å². The van der Waals surface area contributed by atoms with E-state index in [0.717, 1.165) is 0 Å². The summed E-state index contributed by atoms with van der Waals surface area (Å²) in [6.45, 7) is 1.52. The number of hydrogen-bond donors (Lipinski definition) is 2. The summed E-state index contributed by atoms with van der Waals surface area (Å²) < 4.78 is 4.94.